The van der Waals surface area contributed by atoms with Crippen molar-refractivity contribution in [2.45, 2.75) is 71.4 Å². The molecule has 2 aliphatic rings. The van der Waals surface area contributed by atoms with Crippen LogP contribution < -0.4 is 5.32 Å². The third kappa shape index (κ3) is 2.75. The SMILES string of the molecule is CCn1nc(C)c(NC(=O)[C@@H]2CC(=O)OC23CCCCC3)c1C. The first kappa shape index (κ1) is 16.0. The molecule has 1 saturated carbocycles. The van der Waals surface area contributed by atoms with Crippen LogP contribution in [0.2, 0.25) is 0 Å². The van der Waals surface area contributed by atoms with Crippen molar-refractivity contribution in [3.63, 3.8) is 0 Å². The van der Waals surface area contributed by atoms with E-state index >= 15 is 0 Å². The number of amides is 1. The molecule has 1 aromatic rings. The molecule has 1 amide bonds. The number of ether oxygens (including phenoxy) is 1. The Hall–Kier alpha value is -1.85. The summed E-state index contributed by atoms with van der Waals surface area (Å²) < 4.78 is 7.50. The Labute approximate surface area is 136 Å². The van der Waals surface area contributed by atoms with Crippen molar-refractivity contribution in [3.8, 4) is 0 Å². The van der Waals surface area contributed by atoms with E-state index < -0.39 is 5.60 Å². The number of rotatable bonds is 3. The molecule has 1 spiro atoms. The van der Waals surface area contributed by atoms with Crippen LogP contribution in [0.1, 0.15) is 56.8 Å². The van der Waals surface area contributed by atoms with Gasteiger partial charge in [0.2, 0.25) is 5.91 Å². The zero-order chi connectivity index (χ0) is 16.6. The Morgan fingerprint density at radius 1 is 1.35 bits per heavy atom. The molecule has 1 N–H and O–H groups in total. The molecule has 0 bridgehead atoms. The fraction of sp³-hybridized carbons (Fsp3) is 0.706. The molecule has 1 saturated heterocycles. The Morgan fingerprint density at radius 3 is 2.65 bits per heavy atom. The first-order valence-corrected chi connectivity index (χ1v) is 8.53. The Kier molecular flexibility index (Phi) is 4.17. The lowest BCUT2D eigenvalue weighted by Gasteiger charge is -2.36. The zero-order valence-corrected chi connectivity index (χ0v) is 14.1. The maximum atomic E-state index is 12.9. The summed E-state index contributed by atoms with van der Waals surface area (Å²) in [6, 6.07) is 0. The standard InChI is InChI=1S/C17H25N3O3/c1-4-20-12(3)15(11(2)19-20)18-16(22)13-10-14(21)23-17(13)8-6-5-7-9-17/h13H,4-10H2,1-3H3,(H,18,22)/t13-/m0/s1. The molecule has 0 unspecified atom stereocenters. The summed E-state index contributed by atoms with van der Waals surface area (Å²) in [5.74, 6) is -0.747. The van der Waals surface area contributed by atoms with Gasteiger partial charge in [0.15, 0.2) is 0 Å². The molecule has 6 heteroatoms. The largest absolute Gasteiger partial charge is 0.458 e. The Morgan fingerprint density at radius 2 is 2.04 bits per heavy atom. The van der Waals surface area contributed by atoms with Crippen LogP contribution in [0.5, 0.6) is 0 Å². The summed E-state index contributed by atoms with van der Waals surface area (Å²) in [4.78, 5) is 24.7. The first-order chi connectivity index (χ1) is 11.0. The predicted molar refractivity (Wildman–Crippen MR) is 86.0 cm³/mol. The van der Waals surface area contributed by atoms with Crippen molar-refractivity contribution in [1.29, 1.82) is 0 Å². The van der Waals surface area contributed by atoms with Crippen molar-refractivity contribution in [2.24, 2.45) is 5.92 Å². The average Bonchev–Trinajstić information content (AvgIpc) is 2.98. The van der Waals surface area contributed by atoms with E-state index in [4.69, 9.17) is 4.74 Å². The summed E-state index contributed by atoms with van der Waals surface area (Å²) >= 11 is 0. The zero-order valence-electron chi connectivity index (χ0n) is 14.1. The lowest BCUT2D eigenvalue weighted by atomic mass is 9.75. The van der Waals surface area contributed by atoms with Crippen molar-refractivity contribution in [2.75, 3.05) is 5.32 Å². The highest BCUT2D eigenvalue weighted by atomic mass is 16.6. The smallest absolute Gasteiger partial charge is 0.307 e. The fourth-order valence-electron chi connectivity index (χ4n) is 4.02. The molecular formula is C17H25N3O3. The topological polar surface area (TPSA) is 73.2 Å². The number of carbonyl (C=O) groups is 2. The lowest BCUT2D eigenvalue weighted by Crippen LogP contribution is -2.43. The number of aryl methyl sites for hydroxylation is 2. The van der Waals surface area contributed by atoms with Gasteiger partial charge in [-0.05, 0) is 46.5 Å². The van der Waals surface area contributed by atoms with Gasteiger partial charge >= 0.3 is 5.97 Å². The molecule has 1 atom stereocenters. The number of hydrogen-bond donors (Lipinski definition) is 1. The van der Waals surface area contributed by atoms with E-state index in [0.717, 1.165) is 55.7 Å². The van der Waals surface area contributed by atoms with Crippen LogP contribution in [0.4, 0.5) is 5.69 Å². The van der Waals surface area contributed by atoms with Crippen LogP contribution in [0, 0.1) is 19.8 Å². The van der Waals surface area contributed by atoms with Gasteiger partial charge in [-0.2, -0.15) is 5.10 Å². The molecule has 126 valence electrons. The second-order valence-electron chi connectivity index (χ2n) is 6.71. The minimum absolute atomic E-state index is 0.111. The van der Waals surface area contributed by atoms with Gasteiger partial charge in [0.25, 0.3) is 0 Å². The highest BCUT2D eigenvalue weighted by Crippen LogP contribution is 2.44. The normalized spacial score (nSPS) is 23.1. The molecule has 1 aromatic heterocycles. The fourth-order valence-corrected chi connectivity index (χ4v) is 4.02. The number of esters is 1. The summed E-state index contributed by atoms with van der Waals surface area (Å²) in [6.45, 7) is 6.62. The first-order valence-electron chi connectivity index (χ1n) is 8.53. The van der Waals surface area contributed by atoms with Gasteiger partial charge in [0, 0.05) is 6.54 Å². The van der Waals surface area contributed by atoms with Crippen LogP contribution in [-0.2, 0) is 20.9 Å². The van der Waals surface area contributed by atoms with Crippen LogP contribution >= 0.6 is 0 Å². The molecule has 2 heterocycles. The highest BCUT2D eigenvalue weighted by Gasteiger charge is 2.52. The second-order valence-corrected chi connectivity index (χ2v) is 6.71. The summed E-state index contributed by atoms with van der Waals surface area (Å²) in [5.41, 5.74) is 1.94. The number of nitrogens with zero attached hydrogens (tertiary/aromatic N) is 2. The molecule has 1 aliphatic carbocycles. The maximum absolute atomic E-state index is 12.9. The maximum Gasteiger partial charge on any atom is 0.307 e. The van der Waals surface area contributed by atoms with Gasteiger partial charge < -0.3 is 10.1 Å². The van der Waals surface area contributed by atoms with Gasteiger partial charge in [-0.1, -0.05) is 6.42 Å². The summed E-state index contributed by atoms with van der Waals surface area (Å²) in [6.07, 6.45) is 4.96. The van der Waals surface area contributed by atoms with E-state index in [9.17, 15) is 9.59 Å². The quantitative estimate of drug-likeness (QED) is 0.869. The third-order valence-electron chi connectivity index (χ3n) is 5.27. The van der Waals surface area contributed by atoms with E-state index in [1.807, 2.05) is 25.5 Å². The molecule has 2 fully saturated rings. The average molecular weight is 319 g/mol. The van der Waals surface area contributed by atoms with E-state index in [1.54, 1.807) is 0 Å². The molecule has 1 aliphatic heterocycles. The highest BCUT2D eigenvalue weighted by molar-refractivity contribution is 5.97. The van der Waals surface area contributed by atoms with Gasteiger partial charge in [-0.15, -0.1) is 0 Å². The van der Waals surface area contributed by atoms with E-state index in [1.165, 1.54) is 0 Å². The second kappa shape index (κ2) is 5.98. The molecule has 3 rings (SSSR count). The van der Waals surface area contributed by atoms with Gasteiger partial charge in [0.1, 0.15) is 5.60 Å². The number of carbonyl (C=O) groups excluding carboxylic acids is 2. The van der Waals surface area contributed by atoms with Crippen molar-refractivity contribution < 1.29 is 14.3 Å². The van der Waals surface area contributed by atoms with Crippen LogP contribution in [0.3, 0.4) is 0 Å². The van der Waals surface area contributed by atoms with Gasteiger partial charge in [0.05, 0.1) is 29.4 Å². The minimum atomic E-state index is -0.581. The van der Waals surface area contributed by atoms with Crippen molar-refractivity contribution >= 4 is 17.6 Å². The lowest BCUT2D eigenvalue weighted by molar-refractivity contribution is -0.153. The van der Waals surface area contributed by atoms with Crippen molar-refractivity contribution in [1.82, 2.24) is 9.78 Å². The van der Waals surface area contributed by atoms with E-state index in [2.05, 4.69) is 10.4 Å². The van der Waals surface area contributed by atoms with Crippen molar-refractivity contribution in [3.05, 3.63) is 11.4 Å². The van der Waals surface area contributed by atoms with Crippen LogP contribution in [0.25, 0.3) is 0 Å². The van der Waals surface area contributed by atoms with Crippen LogP contribution in [0.15, 0.2) is 0 Å². The number of anilines is 1. The molecule has 0 radical (unpaired) electrons. The van der Waals surface area contributed by atoms with E-state index in [-0.39, 0.29) is 24.2 Å². The summed E-state index contributed by atoms with van der Waals surface area (Å²) in [7, 11) is 0. The van der Waals surface area contributed by atoms with Crippen LogP contribution in [-0.4, -0.2) is 27.3 Å². The number of aromatic nitrogens is 2. The minimum Gasteiger partial charge on any atom is -0.458 e. The van der Waals surface area contributed by atoms with Gasteiger partial charge in [-0.25, -0.2) is 0 Å². The molecule has 6 nitrogen and oxygen atoms in total. The Bertz CT molecular complexity index is 629. The molecule has 0 aromatic carbocycles. The predicted octanol–water partition coefficient (Wildman–Crippen LogP) is 2.72. The number of nitrogens with one attached hydrogen (secondary N) is 1. The monoisotopic (exact) mass is 319 g/mol. The Balaban J connectivity index is 1.82. The molecule has 23 heavy (non-hydrogen) atoms. The molecular weight excluding hydrogens is 294 g/mol. The number of hydrogen-bond acceptors (Lipinski definition) is 4. The van der Waals surface area contributed by atoms with Gasteiger partial charge in [-0.3, -0.25) is 14.3 Å². The third-order valence-corrected chi connectivity index (χ3v) is 5.27. The van der Waals surface area contributed by atoms with E-state index in [0.29, 0.717) is 0 Å². The summed E-state index contributed by atoms with van der Waals surface area (Å²) in [5, 5.41) is 7.44.